The molecule has 2 amide bonds. The van der Waals surface area contributed by atoms with Gasteiger partial charge >= 0.3 is 6.09 Å². The number of carbonyl (C=O) groups excluding carboxylic acids is 2. The minimum absolute atomic E-state index is 0.0129. The van der Waals surface area contributed by atoms with E-state index in [-0.39, 0.29) is 24.0 Å². The van der Waals surface area contributed by atoms with Crippen LogP contribution in [0.25, 0.3) is 11.0 Å². The Morgan fingerprint density at radius 3 is 2.42 bits per heavy atom. The number of furan rings is 1. The first-order chi connectivity index (χ1) is 18.3. The lowest BCUT2D eigenvalue weighted by molar-refractivity contribution is 0.0708. The molecule has 3 aliphatic rings. The summed E-state index contributed by atoms with van der Waals surface area (Å²) >= 11 is 0. The van der Waals surface area contributed by atoms with E-state index in [2.05, 4.69) is 0 Å². The van der Waals surface area contributed by atoms with E-state index in [1.165, 1.54) is 10.6 Å². The van der Waals surface area contributed by atoms with Gasteiger partial charge in [0.2, 0.25) is 10.0 Å². The van der Waals surface area contributed by atoms with Crippen LogP contribution in [0.15, 0.2) is 52.9 Å². The first-order valence-electron chi connectivity index (χ1n) is 13.1. The molecule has 0 unspecified atom stereocenters. The van der Waals surface area contributed by atoms with Crippen LogP contribution in [0.3, 0.4) is 0 Å². The number of anilines is 1. The lowest BCUT2D eigenvalue weighted by atomic mass is 9.95. The maximum absolute atomic E-state index is 13.4. The molecule has 0 bridgehead atoms. The quantitative estimate of drug-likeness (QED) is 0.491. The summed E-state index contributed by atoms with van der Waals surface area (Å²) in [6.45, 7) is 2.38. The molecule has 0 saturated carbocycles. The fourth-order valence-corrected chi connectivity index (χ4v) is 6.77. The summed E-state index contributed by atoms with van der Waals surface area (Å²) in [6, 6.07) is 15.3. The van der Waals surface area contributed by atoms with Crippen molar-refractivity contribution in [3.8, 4) is 0 Å². The van der Waals surface area contributed by atoms with Crippen LogP contribution in [-0.4, -0.2) is 68.1 Å². The highest BCUT2D eigenvalue weighted by molar-refractivity contribution is 7.88. The van der Waals surface area contributed by atoms with E-state index >= 15 is 0 Å². The summed E-state index contributed by atoms with van der Waals surface area (Å²) in [6.07, 6.45) is 3.71. The number of carbonyl (C=O) groups is 2. The molecule has 6 rings (SSSR count). The Morgan fingerprint density at radius 1 is 0.947 bits per heavy atom. The van der Waals surface area contributed by atoms with Gasteiger partial charge in [-0.2, -0.15) is 0 Å². The third-order valence-electron chi connectivity index (χ3n) is 8.02. The van der Waals surface area contributed by atoms with Gasteiger partial charge < -0.3 is 14.1 Å². The van der Waals surface area contributed by atoms with Crippen molar-refractivity contribution in [2.45, 2.75) is 44.2 Å². The molecule has 0 atom stereocenters. The second-order valence-corrected chi connectivity index (χ2v) is 12.4. The number of sulfonamides is 1. The standard InChI is InChI=1S/C28H31N3O6S/c1-38(34,35)30-14-8-19(9-15-30)26-17-22-16-20(6-7-25(22)37-26)27(32)29-12-10-23(11-13-29)31-24-5-3-2-4-21(24)18-36-28(31)33/h2-7,16-17,19,23H,8-15,18H2,1H3. The van der Waals surface area contributed by atoms with Crippen LogP contribution in [0.5, 0.6) is 0 Å². The van der Waals surface area contributed by atoms with E-state index in [1.807, 2.05) is 47.4 Å². The van der Waals surface area contributed by atoms with Crippen LogP contribution in [0.2, 0.25) is 0 Å². The number of likely N-dealkylation sites (tertiary alicyclic amines) is 1. The van der Waals surface area contributed by atoms with Crippen molar-refractivity contribution in [1.82, 2.24) is 9.21 Å². The minimum Gasteiger partial charge on any atom is -0.461 e. The number of nitrogens with zero attached hydrogens (tertiary/aromatic N) is 3. The van der Waals surface area contributed by atoms with Crippen LogP contribution in [-0.2, 0) is 21.4 Å². The number of hydrogen-bond donors (Lipinski definition) is 0. The topological polar surface area (TPSA) is 100 Å². The largest absolute Gasteiger partial charge is 0.461 e. The number of fused-ring (bicyclic) bond motifs is 2. The van der Waals surface area contributed by atoms with Crippen molar-refractivity contribution >= 4 is 38.7 Å². The number of piperidine rings is 2. The molecule has 0 N–H and O–H groups in total. The molecule has 0 spiro atoms. The monoisotopic (exact) mass is 537 g/mol. The van der Waals surface area contributed by atoms with E-state index in [1.54, 1.807) is 11.0 Å². The van der Waals surface area contributed by atoms with Crippen LogP contribution >= 0.6 is 0 Å². The summed E-state index contributed by atoms with van der Waals surface area (Å²) in [7, 11) is -3.17. The normalized spacial score (nSPS) is 20.0. The average molecular weight is 538 g/mol. The zero-order valence-electron chi connectivity index (χ0n) is 21.3. The summed E-state index contributed by atoms with van der Waals surface area (Å²) in [4.78, 5) is 29.5. The zero-order chi connectivity index (χ0) is 26.4. The fourth-order valence-electron chi connectivity index (χ4n) is 5.90. The van der Waals surface area contributed by atoms with E-state index in [4.69, 9.17) is 9.15 Å². The van der Waals surface area contributed by atoms with Gasteiger partial charge in [0.15, 0.2) is 0 Å². The molecule has 0 aliphatic carbocycles. The SMILES string of the molecule is CS(=O)(=O)N1CCC(c2cc3cc(C(=O)N4CCC(N5C(=O)OCc6ccccc65)CC4)ccc3o2)CC1. The summed E-state index contributed by atoms with van der Waals surface area (Å²) in [5.74, 6) is 0.966. The Labute approximate surface area is 222 Å². The molecule has 0 radical (unpaired) electrons. The number of ether oxygens (including phenoxy) is 1. The predicted molar refractivity (Wildman–Crippen MR) is 143 cm³/mol. The van der Waals surface area contributed by atoms with Crippen molar-refractivity contribution in [1.29, 1.82) is 0 Å². The zero-order valence-corrected chi connectivity index (χ0v) is 22.2. The van der Waals surface area contributed by atoms with Gasteiger partial charge in [0.1, 0.15) is 18.0 Å². The van der Waals surface area contributed by atoms with E-state index in [0.717, 1.165) is 28.0 Å². The minimum atomic E-state index is -3.17. The maximum Gasteiger partial charge on any atom is 0.414 e. The lowest BCUT2D eigenvalue weighted by Crippen LogP contribution is -2.50. The highest BCUT2D eigenvalue weighted by Crippen LogP contribution is 2.34. The molecule has 38 heavy (non-hydrogen) atoms. The van der Waals surface area contributed by atoms with Gasteiger partial charge in [0.25, 0.3) is 5.91 Å². The van der Waals surface area contributed by atoms with Crippen molar-refractivity contribution in [3.63, 3.8) is 0 Å². The maximum atomic E-state index is 13.4. The van der Waals surface area contributed by atoms with Gasteiger partial charge in [0, 0.05) is 54.7 Å². The van der Waals surface area contributed by atoms with Gasteiger partial charge in [-0.1, -0.05) is 18.2 Å². The molecular weight excluding hydrogens is 506 g/mol. The van der Waals surface area contributed by atoms with Gasteiger partial charge in [-0.25, -0.2) is 17.5 Å². The van der Waals surface area contributed by atoms with Gasteiger partial charge in [-0.15, -0.1) is 0 Å². The first-order valence-corrected chi connectivity index (χ1v) is 14.9. The summed E-state index contributed by atoms with van der Waals surface area (Å²) in [5, 5.41) is 0.874. The molecule has 9 nitrogen and oxygen atoms in total. The lowest BCUT2D eigenvalue weighted by Gasteiger charge is -2.40. The molecule has 2 saturated heterocycles. The molecule has 10 heteroatoms. The second kappa shape index (κ2) is 9.74. The number of cyclic esters (lactones) is 1. The van der Waals surface area contributed by atoms with Crippen LogP contribution in [0.4, 0.5) is 10.5 Å². The van der Waals surface area contributed by atoms with Crippen molar-refractivity contribution in [2.24, 2.45) is 0 Å². The van der Waals surface area contributed by atoms with Gasteiger partial charge in [-0.05, 0) is 56.0 Å². The number of hydrogen-bond acceptors (Lipinski definition) is 6. The van der Waals surface area contributed by atoms with E-state index in [0.29, 0.717) is 64.0 Å². The number of rotatable bonds is 4. The molecule has 1 aromatic heterocycles. The van der Waals surface area contributed by atoms with Crippen molar-refractivity contribution in [2.75, 3.05) is 37.3 Å². The molecule has 3 aromatic rings. The fraction of sp³-hybridized carbons (Fsp3) is 0.429. The third-order valence-corrected chi connectivity index (χ3v) is 9.33. The highest BCUT2D eigenvalue weighted by Gasteiger charge is 2.35. The highest BCUT2D eigenvalue weighted by atomic mass is 32.2. The number of amides is 2. The Morgan fingerprint density at radius 2 is 1.68 bits per heavy atom. The van der Waals surface area contributed by atoms with Crippen molar-refractivity contribution in [3.05, 3.63) is 65.4 Å². The van der Waals surface area contributed by atoms with Crippen LogP contribution < -0.4 is 4.90 Å². The van der Waals surface area contributed by atoms with Crippen molar-refractivity contribution < 1.29 is 27.2 Å². The number of benzene rings is 2. The van der Waals surface area contributed by atoms with Gasteiger partial charge in [-0.3, -0.25) is 9.69 Å². The average Bonchev–Trinajstić information content (AvgIpc) is 3.36. The summed E-state index contributed by atoms with van der Waals surface area (Å²) in [5.41, 5.74) is 3.23. The number of para-hydroxylation sites is 1. The Bertz CT molecular complexity index is 1480. The van der Waals surface area contributed by atoms with E-state index < -0.39 is 10.0 Å². The predicted octanol–water partition coefficient (Wildman–Crippen LogP) is 4.33. The first kappa shape index (κ1) is 24.9. The van der Waals surface area contributed by atoms with E-state index in [9.17, 15) is 18.0 Å². The Hall–Kier alpha value is -3.37. The molecule has 4 heterocycles. The Kier molecular flexibility index (Phi) is 6.39. The van der Waals surface area contributed by atoms with Crippen LogP contribution in [0, 0.1) is 0 Å². The van der Waals surface area contributed by atoms with Crippen LogP contribution in [0.1, 0.15) is 53.3 Å². The molecular formula is C28H31N3O6S. The molecule has 200 valence electrons. The smallest absolute Gasteiger partial charge is 0.414 e. The molecule has 3 aliphatic heterocycles. The molecule has 2 fully saturated rings. The summed E-state index contributed by atoms with van der Waals surface area (Å²) < 4.78 is 36.6. The third kappa shape index (κ3) is 4.67. The van der Waals surface area contributed by atoms with Gasteiger partial charge in [0.05, 0.1) is 11.9 Å². The Balaban J connectivity index is 1.12. The molecule has 2 aromatic carbocycles. The second-order valence-electron chi connectivity index (χ2n) is 10.4.